The summed E-state index contributed by atoms with van der Waals surface area (Å²) >= 11 is 0. The van der Waals surface area contributed by atoms with Crippen LogP contribution in [0.15, 0.2) is 11.8 Å². The standard InChI is InChI=1S/C8H17N3.C4H8O/c1-8(2,3)6(11-4)5-7(9)10;1-2-4-5-3-1/h5,11H,1-4H3,(H3,9,10);1-4H2/b6-5-;. The second-order valence-corrected chi connectivity index (χ2v) is 4.83. The predicted molar refractivity (Wildman–Crippen MR) is 68.6 cm³/mol. The summed E-state index contributed by atoms with van der Waals surface area (Å²) in [5.41, 5.74) is 6.24. The van der Waals surface area contributed by atoms with Gasteiger partial charge in [0.2, 0.25) is 0 Å². The number of nitrogens with two attached hydrogens (primary N) is 1. The van der Waals surface area contributed by atoms with Crippen molar-refractivity contribution in [3.63, 3.8) is 0 Å². The van der Waals surface area contributed by atoms with E-state index in [0.29, 0.717) is 0 Å². The molecule has 0 spiro atoms. The van der Waals surface area contributed by atoms with Gasteiger partial charge in [0, 0.05) is 31.4 Å². The van der Waals surface area contributed by atoms with E-state index in [-0.39, 0.29) is 11.3 Å². The van der Waals surface area contributed by atoms with Gasteiger partial charge in [-0.25, -0.2) is 0 Å². The number of ether oxygens (including phenoxy) is 1. The maximum absolute atomic E-state index is 7.07. The molecule has 1 heterocycles. The summed E-state index contributed by atoms with van der Waals surface area (Å²) in [7, 11) is 1.83. The van der Waals surface area contributed by atoms with Gasteiger partial charge in [0.25, 0.3) is 0 Å². The highest BCUT2D eigenvalue weighted by atomic mass is 16.5. The second-order valence-electron chi connectivity index (χ2n) is 4.83. The lowest BCUT2D eigenvalue weighted by Crippen LogP contribution is -2.23. The highest BCUT2D eigenvalue weighted by molar-refractivity contribution is 5.89. The first-order valence-corrected chi connectivity index (χ1v) is 5.69. The van der Waals surface area contributed by atoms with Gasteiger partial charge in [-0.05, 0) is 18.9 Å². The summed E-state index contributed by atoms with van der Waals surface area (Å²) in [6.07, 6.45) is 4.19. The van der Waals surface area contributed by atoms with Gasteiger partial charge < -0.3 is 15.8 Å². The number of nitrogens with one attached hydrogen (secondary N) is 2. The Balaban J connectivity index is 0.000000368. The Labute approximate surface area is 98.8 Å². The lowest BCUT2D eigenvalue weighted by molar-refractivity contribution is 0.198. The lowest BCUT2D eigenvalue weighted by atomic mass is 9.91. The second kappa shape index (κ2) is 7.28. The molecule has 94 valence electrons. The van der Waals surface area contributed by atoms with E-state index in [9.17, 15) is 0 Å². The van der Waals surface area contributed by atoms with Crippen molar-refractivity contribution in [2.24, 2.45) is 11.1 Å². The Kier molecular flexibility index (Phi) is 6.81. The van der Waals surface area contributed by atoms with E-state index in [1.807, 2.05) is 7.05 Å². The summed E-state index contributed by atoms with van der Waals surface area (Å²) in [5.74, 6) is 0.0873. The third-order valence-corrected chi connectivity index (χ3v) is 2.20. The number of allylic oxidation sites excluding steroid dienone is 1. The predicted octanol–water partition coefficient (Wildman–Crippen LogP) is 1.87. The Morgan fingerprint density at radius 2 is 1.81 bits per heavy atom. The molecule has 1 aliphatic rings. The molecule has 4 heteroatoms. The molecule has 1 saturated heterocycles. The van der Waals surface area contributed by atoms with Gasteiger partial charge in [0.05, 0.1) is 0 Å². The molecule has 0 aromatic carbocycles. The molecule has 4 N–H and O–H groups in total. The van der Waals surface area contributed by atoms with E-state index >= 15 is 0 Å². The average molecular weight is 227 g/mol. The molecule has 1 aliphatic heterocycles. The van der Waals surface area contributed by atoms with Crippen molar-refractivity contribution in [1.29, 1.82) is 5.41 Å². The van der Waals surface area contributed by atoms with E-state index in [4.69, 9.17) is 15.9 Å². The molecule has 0 unspecified atom stereocenters. The molecule has 4 nitrogen and oxygen atoms in total. The van der Waals surface area contributed by atoms with E-state index in [1.54, 1.807) is 6.08 Å². The summed E-state index contributed by atoms with van der Waals surface area (Å²) in [4.78, 5) is 0. The smallest absolute Gasteiger partial charge is 0.117 e. The molecule has 0 aromatic heterocycles. The van der Waals surface area contributed by atoms with Gasteiger partial charge in [0.1, 0.15) is 5.84 Å². The van der Waals surface area contributed by atoms with Crippen LogP contribution in [0.25, 0.3) is 0 Å². The van der Waals surface area contributed by atoms with Crippen molar-refractivity contribution in [1.82, 2.24) is 5.32 Å². The van der Waals surface area contributed by atoms with Crippen LogP contribution in [0.3, 0.4) is 0 Å². The largest absolute Gasteiger partial charge is 0.391 e. The third-order valence-electron chi connectivity index (χ3n) is 2.20. The zero-order valence-corrected chi connectivity index (χ0v) is 10.9. The van der Waals surface area contributed by atoms with Crippen molar-refractivity contribution in [2.45, 2.75) is 33.6 Å². The number of rotatable bonds is 2. The quantitative estimate of drug-likeness (QED) is 0.498. The minimum Gasteiger partial charge on any atom is -0.391 e. The maximum Gasteiger partial charge on any atom is 0.117 e. The topological polar surface area (TPSA) is 71.1 Å². The van der Waals surface area contributed by atoms with Crippen LogP contribution in [-0.2, 0) is 4.74 Å². The molecule has 0 amide bonds. The summed E-state index contributed by atoms with van der Waals surface area (Å²) in [6, 6.07) is 0. The van der Waals surface area contributed by atoms with Crippen LogP contribution in [0.1, 0.15) is 33.6 Å². The average Bonchev–Trinajstić information content (AvgIpc) is 2.69. The molecule has 0 bridgehead atoms. The molecule has 1 fully saturated rings. The van der Waals surface area contributed by atoms with Crippen LogP contribution in [0.2, 0.25) is 0 Å². The summed E-state index contributed by atoms with van der Waals surface area (Å²) in [6.45, 7) is 8.20. The summed E-state index contributed by atoms with van der Waals surface area (Å²) in [5, 5.41) is 10.1. The fourth-order valence-corrected chi connectivity index (χ4v) is 1.33. The van der Waals surface area contributed by atoms with E-state index in [1.165, 1.54) is 12.8 Å². The van der Waals surface area contributed by atoms with E-state index in [0.717, 1.165) is 18.9 Å². The fourth-order valence-electron chi connectivity index (χ4n) is 1.33. The first-order chi connectivity index (χ1) is 7.38. The Morgan fingerprint density at radius 1 is 1.31 bits per heavy atom. The molecule has 0 saturated carbocycles. The molecule has 0 radical (unpaired) electrons. The Hall–Kier alpha value is -1.03. The molecule has 0 aromatic rings. The van der Waals surface area contributed by atoms with Crippen LogP contribution in [0.5, 0.6) is 0 Å². The zero-order valence-electron chi connectivity index (χ0n) is 10.9. The molecule has 0 atom stereocenters. The number of amidine groups is 1. The lowest BCUT2D eigenvalue weighted by Gasteiger charge is -2.22. The molecular formula is C12H25N3O. The highest BCUT2D eigenvalue weighted by Gasteiger charge is 2.15. The van der Waals surface area contributed by atoms with Crippen molar-refractivity contribution < 1.29 is 4.74 Å². The van der Waals surface area contributed by atoms with Gasteiger partial charge >= 0.3 is 0 Å². The number of hydrogen-bond donors (Lipinski definition) is 3. The van der Waals surface area contributed by atoms with Crippen molar-refractivity contribution in [2.75, 3.05) is 20.3 Å². The molecule has 0 aliphatic carbocycles. The van der Waals surface area contributed by atoms with Gasteiger partial charge in [-0.15, -0.1) is 0 Å². The van der Waals surface area contributed by atoms with Crippen LogP contribution in [0, 0.1) is 10.8 Å². The SMILES string of the molecule is C1CCOC1.CN/C(=C\C(=N)N)C(C)(C)C. The third kappa shape index (κ3) is 7.29. The van der Waals surface area contributed by atoms with E-state index in [2.05, 4.69) is 26.1 Å². The zero-order chi connectivity index (χ0) is 12.6. The van der Waals surface area contributed by atoms with Gasteiger partial charge in [-0.2, -0.15) is 0 Å². The monoisotopic (exact) mass is 227 g/mol. The van der Waals surface area contributed by atoms with Crippen molar-refractivity contribution in [3.8, 4) is 0 Å². The van der Waals surface area contributed by atoms with Crippen LogP contribution < -0.4 is 11.1 Å². The van der Waals surface area contributed by atoms with Crippen LogP contribution in [-0.4, -0.2) is 26.1 Å². The molecular weight excluding hydrogens is 202 g/mol. The maximum atomic E-state index is 7.07. The highest BCUT2D eigenvalue weighted by Crippen LogP contribution is 2.21. The van der Waals surface area contributed by atoms with Crippen molar-refractivity contribution in [3.05, 3.63) is 11.8 Å². The Morgan fingerprint density at radius 3 is 1.94 bits per heavy atom. The first kappa shape index (κ1) is 15.0. The molecule has 16 heavy (non-hydrogen) atoms. The fraction of sp³-hybridized carbons (Fsp3) is 0.750. The van der Waals surface area contributed by atoms with Crippen LogP contribution in [0.4, 0.5) is 0 Å². The minimum atomic E-state index is 0.0282. The normalized spacial score (nSPS) is 16.4. The van der Waals surface area contributed by atoms with Crippen molar-refractivity contribution >= 4 is 5.84 Å². The van der Waals surface area contributed by atoms with Gasteiger partial charge in [0.15, 0.2) is 0 Å². The Bertz CT molecular complexity index is 230. The van der Waals surface area contributed by atoms with E-state index < -0.39 is 0 Å². The molecule has 1 rings (SSSR count). The first-order valence-electron chi connectivity index (χ1n) is 5.69. The van der Waals surface area contributed by atoms with Gasteiger partial charge in [-0.3, -0.25) is 5.41 Å². The minimum absolute atomic E-state index is 0.0282. The number of hydrogen-bond acceptors (Lipinski definition) is 3. The van der Waals surface area contributed by atoms with Crippen LogP contribution >= 0.6 is 0 Å². The van der Waals surface area contributed by atoms with Gasteiger partial charge in [-0.1, -0.05) is 20.8 Å². The summed E-state index contributed by atoms with van der Waals surface area (Å²) < 4.78 is 4.94.